The molecule has 0 aliphatic rings. The van der Waals surface area contributed by atoms with E-state index in [1.807, 2.05) is 0 Å². The molecular weight excluding hydrogens is 248 g/mol. The molecule has 2 atom stereocenters. The van der Waals surface area contributed by atoms with Crippen molar-refractivity contribution in [2.24, 2.45) is 5.73 Å². The number of carboxylic acid groups (broad SMARTS) is 2. The molecule has 0 saturated heterocycles. The van der Waals surface area contributed by atoms with E-state index < -0.39 is 29.9 Å². The molecule has 17 heavy (non-hydrogen) atoms. The number of hydrogen-bond acceptors (Lipinski definition) is 5. The van der Waals surface area contributed by atoms with Gasteiger partial charge in [-0.2, -0.15) is 11.8 Å². The lowest BCUT2D eigenvalue weighted by atomic mass is 10.1. The number of aliphatic carboxylic acids is 2. The third-order valence-corrected chi connectivity index (χ3v) is 2.63. The number of carbonyl (C=O) groups is 3. The van der Waals surface area contributed by atoms with Gasteiger partial charge in [-0.1, -0.05) is 0 Å². The molecule has 0 aromatic carbocycles. The fourth-order valence-electron chi connectivity index (χ4n) is 1.02. The standard InChI is InChI=1S/C9H16N2O5S/c1-17-4-6(9(15)16)11-7(12)3-2-5(10)8(13)14/h5-6H,2-4,10H2,1H3,(H,11,12)(H,13,14)(H,15,16)/t5?,6-/m0/s1. The summed E-state index contributed by atoms with van der Waals surface area (Å²) in [5.41, 5.74) is 5.21. The van der Waals surface area contributed by atoms with Crippen LogP contribution in [-0.2, 0) is 14.4 Å². The second-order valence-corrected chi connectivity index (χ2v) is 4.31. The van der Waals surface area contributed by atoms with E-state index >= 15 is 0 Å². The molecule has 0 aromatic heterocycles. The van der Waals surface area contributed by atoms with E-state index in [1.165, 1.54) is 11.8 Å². The molecule has 0 rings (SSSR count). The number of nitrogens with two attached hydrogens (primary N) is 1. The predicted molar refractivity (Wildman–Crippen MR) is 62.8 cm³/mol. The lowest BCUT2D eigenvalue weighted by Crippen LogP contribution is -2.43. The molecule has 0 radical (unpaired) electrons. The summed E-state index contributed by atoms with van der Waals surface area (Å²) in [5.74, 6) is -2.55. The molecule has 1 unspecified atom stereocenters. The molecule has 0 spiro atoms. The van der Waals surface area contributed by atoms with Gasteiger partial charge in [-0.3, -0.25) is 9.59 Å². The average molecular weight is 264 g/mol. The van der Waals surface area contributed by atoms with Crippen LogP contribution in [0.1, 0.15) is 12.8 Å². The molecule has 5 N–H and O–H groups in total. The first kappa shape index (κ1) is 15.7. The lowest BCUT2D eigenvalue weighted by molar-refractivity contribution is -0.141. The number of carbonyl (C=O) groups excluding carboxylic acids is 1. The number of thioether (sulfide) groups is 1. The first-order chi connectivity index (χ1) is 7.88. The Labute approximate surface area is 103 Å². The third kappa shape index (κ3) is 6.80. The van der Waals surface area contributed by atoms with Crippen LogP contribution in [-0.4, -0.2) is 52.2 Å². The lowest BCUT2D eigenvalue weighted by Gasteiger charge is -2.13. The first-order valence-electron chi connectivity index (χ1n) is 4.88. The zero-order chi connectivity index (χ0) is 13.4. The van der Waals surface area contributed by atoms with Gasteiger partial charge in [-0.25, -0.2) is 4.79 Å². The van der Waals surface area contributed by atoms with Gasteiger partial charge in [-0.05, 0) is 12.7 Å². The van der Waals surface area contributed by atoms with E-state index in [1.54, 1.807) is 6.26 Å². The van der Waals surface area contributed by atoms with Crippen LogP contribution in [0.25, 0.3) is 0 Å². The van der Waals surface area contributed by atoms with Gasteiger partial charge in [0.2, 0.25) is 5.91 Å². The summed E-state index contributed by atoms with van der Waals surface area (Å²) in [5, 5.41) is 19.6. The molecule has 0 fully saturated rings. The highest BCUT2D eigenvalue weighted by atomic mass is 32.2. The molecule has 98 valence electrons. The van der Waals surface area contributed by atoms with Crippen molar-refractivity contribution in [1.29, 1.82) is 0 Å². The summed E-state index contributed by atoms with van der Waals surface area (Å²) in [4.78, 5) is 32.4. The van der Waals surface area contributed by atoms with Crippen LogP contribution in [0.4, 0.5) is 0 Å². The predicted octanol–water partition coefficient (Wildman–Crippen LogP) is -0.889. The summed E-state index contributed by atoms with van der Waals surface area (Å²) < 4.78 is 0. The number of carboxylic acids is 2. The molecule has 0 aliphatic heterocycles. The molecular formula is C9H16N2O5S. The van der Waals surface area contributed by atoms with E-state index in [0.29, 0.717) is 0 Å². The van der Waals surface area contributed by atoms with Gasteiger partial charge in [-0.15, -0.1) is 0 Å². The minimum Gasteiger partial charge on any atom is -0.480 e. The Kier molecular flexibility index (Phi) is 7.31. The largest absolute Gasteiger partial charge is 0.480 e. The van der Waals surface area contributed by atoms with Crippen molar-refractivity contribution < 1.29 is 24.6 Å². The van der Waals surface area contributed by atoms with Crippen LogP contribution < -0.4 is 11.1 Å². The number of hydrogen-bond donors (Lipinski definition) is 4. The van der Waals surface area contributed by atoms with Crippen molar-refractivity contribution in [3.63, 3.8) is 0 Å². The maximum absolute atomic E-state index is 11.3. The van der Waals surface area contributed by atoms with Gasteiger partial charge in [0.25, 0.3) is 0 Å². The summed E-state index contributed by atoms with van der Waals surface area (Å²) >= 11 is 1.29. The Morgan fingerprint density at radius 2 is 1.88 bits per heavy atom. The molecule has 0 aliphatic carbocycles. The molecule has 1 amide bonds. The van der Waals surface area contributed by atoms with Crippen molar-refractivity contribution in [1.82, 2.24) is 5.32 Å². The van der Waals surface area contributed by atoms with Crippen LogP contribution >= 0.6 is 11.8 Å². The van der Waals surface area contributed by atoms with Gasteiger partial charge in [0.1, 0.15) is 12.1 Å². The topological polar surface area (TPSA) is 130 Å². The Hall–Kier alpha value is -1.28. The van der Waals surface area contributed by atoms with Crippen LogP contribution in [0.3, 0.4) is 0 Å². The van der Waals surface area contributed by atoms with Gasteiger partial charge in [0.15, 0.2) is 0 Å². The highest BCUT2D eigenvalue weighted by Gasteiger charge is 2.20. The van der Waals surface area contributed by atoms with Crippen LogP contribution in [0, 0.1) is 0 Å². The SMILES string of the molecule is CSC[C@H](NC(=O)CCC(N)C(=O)O)C(=O)O. The molecule has 0 aromatic rings. The minimum atomic E-state index is -1.18. The van der Waals surface area contributed by atoms with E-state index in [2.05, 4.69) is 5.32 Å². The van der Waals surface area contributed by atoms with Crippen LogP contribution in [0.5, 0.6) is 0 Å². The normalized spacial score (nSPS) is 13.8. The van der Waals surface area contributed by atoms with Crippen molar-refractivity contribution in [2.75, 3.05) is 12.0 Å². The monoisotopic (exact) mass is 264 g/mol. The number of rotatable bonds is 8. The van der Waals surface area contributed by atoms with Crippen LogP contribution in [0.15, 0.2) is 0 Å². The quantitative estimate of drug-likeness (QED) is 0.447. The first-order valence-corrected chi connectivity index (χ1v) is 6.27. The fourth-order valence-corrected chi connectivity index (χ4v) is 1.58. The van der Waals surface area contributed by atoms with E-state index in [0.717, 1.165) is 0 Å². The fraction of sp³-hybridized carbons (Fsp3) is 0.667. The van der Waals surface area contributed by atoms with Crippen molar-refractivity contribution in [3.05, 3.63) is 0 Å². The van der Waals surface area contributed by atoms with Crippen molar-refractivity contribution in [3.8, 4) is 0 Å². The Morgan fingerprint density at radius 3 is 2.29 bits per heavy atom. The Balaban J connectivity index is 4.06. The summed E-state index contributed by atoms with van der Waals surface area (Å²) in [6.07, 6.45) is 1.60. The van der Waals surface area contributed by atoms with Crippen molar-refractivity contribution >= 4 is 29.6 Å². The second-order valence-electron chi connectivity index (χ2n) is 3.40. The molecule has 0 heterocycles. The van der Waals surface area contributed by atoms with E-state index in [9.17, 15) is 14.4 Å². The van der Waals surface area contributed by atoms with Gasteiger partial charge < -0.3 is 21.3 Å². The Bertz CT molecular complexity index is 297. The number of amides is 1. The maximum atomic E-state index is 11.3. The molecule has 7 nitrogen and oxygen atoms in total. The smallest absolute Gasteiger partial charge is 0.327 e. The van der Waals surface area contributed by atoms with Gasteiger partial charge >= 0.3 is 11.9 Å². The Morgan fingerprint density at radius 1 is 1.29 bits per heavy atom. The highest BCUT2D eigenvalue weighted by molar-refractivity contribution is 7.98. The van der Waals surface area contributed by atoms with Crippen molar-refractivity contribution in [2.45, 2.75) is 24.9 Å². The molecule has 8 heteroatoms. The molecule has 0 bridgehead atoms. The maximum Gasteiger partial charge on any atom is 0.327 e. The summed E-state index contributed by atoms with van der Waals surface area (Å²) in [6.45, 7) is 0. The zero-order valence-electron chi connectivity index (χ0n) is 9.38. The van der Waals surface area contributed by atoms with Crippen LogP contribution in [0.2, 0.25) is 0 Å². The highest BCUT2D eigenvalue weighted by Crippen LogP contribution is 2.00. The summed E-state index contributed by atoms with van der Waals surface area (Å²) in [6, 6.07) is -2.07. The zero-order valence-corrected chi connectivity index (χ0v) is 10.2. The summed E-state index contributed by atoms with van der Waals surface area (Å²) in [7, 11) is 0. The van der Waals surface area contributed by atoms with Gasteiger partial charge in [0, 0.05) is 12.2 Å². The minimum absolute atomic E-state index is 0.0211. The second kappa shape index (κ2) is 7.91. The third-order valence-electron chi connectivity index (χ3n) is 1.97. The average Bonchev–Trinajstić information content (AvgIpc) is 2.24. The van der Waals surface area contributed by atoms with E-state index in [4.69, 9.17) is 15.9 Å². The van der Waals surface area contributed by atoms with E-state index in [-0.39, 0.29) is 18.6 Å². The van der Waals surface area contributed by atoms with Gasteiger partial charge in [0.05, 0.1) is 0 Å². The molecule has 0 saturated carbocycles. The number of nitrogens with one attached hydrogen (secondary N) is 1.